The molecule has 0 aliphatic carbocycles. The number of halogens is 3. The lowest BCUT2D eigenvalue weighted by Gasteiger charge is -2.11. The first kappa shape index (κ1) is 20.8. The second-order valence-electron chi connectivity index (χ2n) is 6.85. The van der Waals surface area contributed by atoms with E-state index in [4.69, 9.17) is 0 Å². The van der Waals surface area contributed by atoms with E-state index in [9.17, 15) is 21.6 Å². The van der Waals surface area contributed by atoms with E-state index < -0.39 is 21.8 Å². The smallest absolute Gasteiger partial charge is 0.273 e. The van der Waals surface area contributed by atoms with Crippen molar-refractivity contribution in [2.24, 2.45) is 7.05 Å². The van der Waals surface area contributed by atoms with E-state index in [2.05, 4.69) is 19.9 Å². The third-order valence-electron chi connectivity index (χ3n) is 4.84. The molecule has 162 valence electrons. The summed E-state index contributed by atoms with van der Waals surface area (Å²) in [4.78, 5) is 3.84. The molecule has 0 amide bonds. The summed E-state index contributed by atoms with van der Waals surface area (Å²) in [5.74, 6) is 0.0582. The van der Waals surface area contributed by atoms with Gasteiger partial charge in [0.2, 0.25) is 0 Å². The number of nitrogens with zero attached hydrogens (tertiary/aromatic N) is 4. The minimum Gasteiger partial charge on any atom is -0.273 e. The number of hydrogen-bond acceptors (Lipinski definition) is 4. The molecule has 2 N–H and O–H groups in total. The Kier molecular flexibility index (Phi) is 4.96. The first-order chi connectivity index (χ1) is 14.6. The number of benzene rings is 1. The first-order valence-electron chi connectivity index (χ1n) is 9.20. The van der Waals surface area contributed by atoms with Gasteiger partial charge in [0.05, 0.1) is 23.3 Å². The van der Waals surface area contributed by atoms with E-state index >= 15 is 0 Å². The Hall–Kier alpha value is -3.41. The summed E-state index contributed by atoms with van der Waals surface area (Å²) >= 11 is 0. The Morgan fingerprint density at radius 3 is 2.58 bits per heavy atom. The van der Waals surface area contributed by atoms with Crippen molar-refractivity contribution in [3.05, 3.63) is 60.2 Å². The number of pyridine rings is 1. The van der Waals surface area contributed by atoms with Gasteiger partial charge < -0.3 is 0 Å². The topological polar surface area (TPSA) is 96.6 Å². The Bertz CT molecular complexity index is 1360. The number of alkyl halides is 3. The summed E-state index contributed by atoms with van der Waals surface area (Å²) in [6, 6.07) is 6.31. The predicted molar refractivity (Wildman–Crippen MR) is 106 cm³/mol. The van der Waals surface area contributed by atoms with Crippen molar-refractivity contribution in [2.75, 3.05) is 4.72 Å². The third kappa shape index (κ3) is 3.85. The quantitative estimate of drug-likeness (QED) is 0.456. The Labute approximate surface area is 175 Å². The zero-order chi connectivity index (χ0) is 22.4. The molecule has 3 heterocycles. The van der Waals surface area contributed by atoms with E-state index in [1.165, 1.54) is 12.1 Å². The monoisotopic (exact) mass is 451 g/mol. The molecule has 0 fully saturated rings. The Morgan fingerprint density at radius 1 is 1.19 bits per heavy atom. The fourth-order valence-electron chi connectivity index (χ4n) is 3.22. The average molecular weight is 451 g/mol. The van der Waals surface area contributed by atoms with E-state index in [-0.39, 0.29) is 10.7 Å². The fraction of sp³-hybridized carbons (Fsp3) is 0.211. The lowest BCUT2D eigenvalue weighted by atomic mass is 10.1. The second-order valence-corrected chi connectivity index (χ2v) is 8.53. The summed E-state index contributed by atoms with van der Waals surface area (Å²) in [7, 11) is -2.23. The lowest BCUT2D eigenvalue weighted by molar-refractivity contribution is -0.702. The summed E-state index contributed by atoms with van der Waals surface area (Å²) in [5, 5.41) is 7.49. The lowest BCUT2D eigenvalue weighted by Crippen LogP contribution is -2.31. The number of anilines is 1. The van der Waals surface area contributed by atoms with Gasteiger partial charge in [0.1, 0.15) is 10.6 Å². The summed E-state index contributed by atoms with van der Waals surface area (Å²) < 4.78 is 69.5. The highest BCUT2D eigenvalue weighted by molar-refractivity contribution is 7.92. The number of fused-ring (bicyclic) bond motifs is 1. The van der Waals surface area contributed by atoms with Crippen molar-refractivity contribution in [2.45, 2.75) is 24.4 Å². The van der Waals surface area contributed by atoms with Crippen LogP contribution in [0.4, 0.5) is 18.9 Å². The van der Waals surface area contributed by atoms with Crippen LogP contribution in [0.5, 0.6) is 0 Å². The highest BCUT2D eigenvalue weighted by Gasteiger charge is 2.32. The van der Waals surface area contributed by atoms with Crippen LogP contribution in [0.2, 0.25) is 0 Å². The molecule has 8 nitrogen and oxygen atoms in total. The van der Waals surface area contributed by atoms with Crippen LogP contribution in [0.1, 0.15) is 18.1 Å². The molecule has 0 aliphatic heterocycles. The summed E-state index contributed by atoms with van der Waals surface area (Å²) in [6.45, 7) is 1.92. The molecule has 0 atom stereocenters. The van der Waals surface area contributed by atoms with Gasteiger partial charge >= 0.3 is 6.18 Å². The van der Waals surface area contributed by atoms with E-state index in [1.807, 2.05) is 19.1 Å². The highest BCUT2D eigenvalue weighted by atomic mass is 32.2. The van der Waals surface area contributed by atoms with Gasteiger partial charge in [-0.3, -0.25) is 4.72 Å². The average Bonchev–Trinajstić information content (AvgIpc) is 3.36. The van der Waals surface area contributed by atoms with E-state index in [0.29, 0.717) is 23.8 Å². The number of aryl methyl sites for hydroxylation is 2. The molecule has 0 unspecified atom stereocenters. The van der Waals surface area contributed by atoms with Crippen LogP contribution < -0.4 is 9.40 Å². The third-order valence-corrected chi connectivity index (χ3v) is 6.17. The summed E-state index contributed by atoms with van der Waals surface area (Å²) in [6.07, 6.45) is 0.388. The van der Waals surface area contributed by atoms with Gasteiger partial charge in [-0.2, -0.15) is 23.4 Å². The normalized spacial score (nSPS) is 12.4. The summed E-state index contributed by atoms with van der Waals surface area (Å²) in [5.41, 5.74) is 1.04. The molecule has 31 heavy (non-hydrogen) atoms. The van der Waals surface area contributed by atoms with Crippen LogP contribution in [-0.4, -0.2) is 28.3 Å². The minimum absolute atomic E-state index is 0.0582. The molecule has 1 aromatic carbocycles. The number of aromatic amines is 1. The van der Waals surface area contributed by atoms with Gasteiger partial charge in [0.15, 0.2) is 12.9 Å². The molecule has 0 saturated heterocycles. The van der Waals surface area contributed by atoms with Gasteiger partial charge in [-0.15, -0.1) is 4.68 Å². The zero-order valence-corrected chi connectivity index (χ0v) is 17.3. The largest absolute Gasteiger partial charge is 0.419 e. The number of rotatable bonds is 5. The van der Waals surface area contributed by atoms with Crippen molar-refractivity contribution in [3.8, 4) is 5.82 Å². The molecule has 4 rings (SSSR count). The molecule has 0 radical (unpaired) electrons. The maximum absolute atomic E-state index is 13.0. The molecule has 3 aromatic heterocycles. The molecular formula is C19H18F3N6O2S+. The second kappa shape index (κ2) is 7.38. The molecular weight excluding hydrogens is 433 g/mol. The Balaban J connectivity index is 1.67. The maximum atomic E-state index is 13.0. The molecule has 0 bridgehead atoms. The zero-order valence-electron chi connectivity index (χ0n) is 16.5. The number of sulfonamides is 1. The minimum atomic E-state index is -4.53. The van der Waals surface area contributed by atoms with Gasteiger partial charge in [-0.05, 0) is 30.2 Å². The molecule has 12 heteroatoms. The molecule has 0 spiro atoms. The van der Waals surface area contributed by atoms with Crippen LogP contribution in [0.25, 0.3) is 16.7 Å². The molecule has 4 aromatic rings. The highest BCUT2D eigenvalue weighted by Crippen LogP contribution is 2.30. The van der Waals surface area contributed by atoms with Gasteiger partial charge in [-0.1, -0.05) is 13.0 Å². The van der Waals surface area contributed by atoms with Gasteiger partial charge in [0, 0.05) is 12.4 Å². The number of hydrogen-bond donors (Lipinski definition) is 2. The van der Waals surface area contributed by atoms with Crippen molar-refractivity contribution < 1.29 is 26.3 Å². The number of H-pyrrole nitrogens is 1. The number of nitrogens with one attached hydrogen (secondary N) is 2. The van der Waals surface area contributed by atoms with Gasteiger partial charge in [0.25, 0.3) is 15.5 Å². The van der Waals surface area contributed by atoms with Crippen molar-refractivity contribution in [3.63, 3.8) is 0 Å². The van der Waals surface area contributed by atoms with Crippen LogP contribution in [-0.2, 0) is 29.7 Å². The van der Waals surface area contributed by atoms with Gasteiger partial charge in [-0.25, -0.2) is 18.1 Å². The molecule has 0 saturated carbocycles. The van der Waals surface area contributed by atoms with Crippen LogP contribution in [0.15, 0.2) is 53.9 Å². The van der Waals surface area contributed by atoms with Crippen LogP contribution in [0.3, 0.4) is 0 Å². The molecule has 0 aliphatic rings. The van der Waals surface area contributed by atoms with Crippen LogP contribution >= 0.6 is 0 Å². The van der Waals surface area contributed by atoms with Crippen molar-refractivity contribution >= 4 is 26.6 Å². The van der Waals surface area contributed by atoms with Crippen LogP contribution in [0, 0.1) is 0 Å². The van der Waals surface area contributed by atoms with E-state index in [1.54, 1.807) is 17.9 Å². The van der Waals surface area contributed by atoms with E-state index in [0.717, 1.165) is 28.0 Å². The van der Waals surface area contributed by atoms with Crippen molar-refractivity contribution in [1.29, 1.82) is 0 Å². The maximum Gasteiger partial charge on any atom is 0.419 e. The standard InChI is InChI=1S/C19H17F3N6O2S/c1-3-12-4-5-13-8-24-27(2)18(13)17(12)26-31(29,30)15-6-7-16(23-10-15)28-11-14(9-25-28)19(20,21)22/h4-11,26H,3H2,1-2H3/p+1. The first-order valence-corrected chi connectivity index (χ1v) is 10.7. The van der Waals surface area contributed by atoms with Crippen molar-refractivity contribution in [1.82, 2.24) is 19.9 Å². The number of aromatic nitrogens is 5. The SMILES string of the molecule is CCc1ccc2c[nH][n+](C)c2c1NS(=O)(=O)c1ccc(-n2cc(C(F)(F)F)cn2)nc1. The Morgan fingerprint density at radius 2 is 1.97 bits per heavy atom. The predicted octanol–water partition coefficient (Wildman–Crippen LogP) is 2.96. The fourth-order valence-corrected chi connectivity index (χ4v) is 4.27.